The largest absolute Gasteiger partial charge is 0.352 e. The second-order valence-corrected chi connectivity index (χ2v) is 11.0. The van der Waals surface area contributed by atoms with Crippen molar-refractivity contribution >= 4 is 51.1 Å². The van der Waals surface area contributed by atoms with Crippen LogP contribution in [0.25, 0.3) is 0 Å². The van der Waals surface area contributed by atoms with Gasteiger partial charge in [0.2, 0.25) is 11.8 Å². The number of amides is 2. The molecule has 0 aromatic heterocycles. The lowest BCUT2D eigenvalue weighted by molar-refractivity contribution is -0.139. The summed E-state index contributed by atoms with van der Waals surface area (Å²) in [5.74, 6) is 0.783. The van der Waals surface area contributed by atoms with E-state index >= 15 is 0 Å². The minimum atomic E-state index is -0.628. The lowest BCUT2D eigenvalue weighted by atomic mass is 10.0. The van der Waals surface area contributed by atoms with Gasteiger partial charge in [0.15, 0.2) is 0 Å². The maximum absolute atomic E-state index is 13.6. The third kappa shape index (κ3) is 9.02. The maximum atomic E-state index is 13.6. The van der Waals surface area contributed by atoms with Gasteiger partial charge in [-0.25, -0.2) is 0 Å². The Kier molecular flexibility index (Phi) is 10.7. The van der Waals surface area contributed by atoms with E-state index in [-0.39, 0.29) is 23.6 Å². The van der Waals surface area contributed by atoms with Crippen molar-refractivity contribution in [1.29, 1.82) is 0 Å². The molecule has 3 aromatic carbocycles. The summed E-state index contributed by atoms with van der Waals surface area (Å²) in [5, 5.41) is 3.65. The molecule has 2 amide bonds. The first-order valence-electron chi connectivity index (χ1n) is 11.5. The number of benzene rings is 3. The third-order valence-corrected chi connectivity index (χ3v) is 7.14. The number of nitrogens with zero attached hydrogens (tertiary/aromatic N) is 1. The summed E-state index contributed by atoms with van der Waals surface area (Å²) in [6.45, 7) is 4.19. The average Bonchev–Trinajstić information content (AvgIpc) is 2.84. The van der Waals surface area contributed by atoms with E-state index in [1.54, 1.807) is 16.7 Å². The molecule has 1 atom stereocenters. The molecule has 184 valence electrons. The fourth-order valence-electron chi connectivity index (χ4n) is 3.64. The molecule has 35 heavy (non-hydrogen) atoms. The molecule has 1 N–H and O–H groups in total. The second-order valence-electron chi connectivity index (χ2n) is 8.64. The number of nitrogens with one attached hydrogen (secondary N) is 1. The highest BCUT2D eigenvalue weighted by atomic mass is 79.9. The van der Waals surface area contributed by atoms with E-state index in [4.69, 9.17) is 11.6 Å². The van der Waals surface area contributed by atoms with Crippen LogP contribution in [-0.4, -0.2) is 34.6 Å². The van der Waals surface area contributed by atoms with Crippen LogP contribution in [0.5, 0.6) is 0 Å². The molecular formula is C28H30BrClN2O2S. The van der Waals surface area contributed by atoms with Crippen LogP contribution in [-0.2, 0) is 28.3 Å². The summed E-state index contributed by atoms with van der Waals surface area (Å²) >= 11 is 11.1. The van der Waals surface area contributed by atoms with Crippen LogP contribution < -0.4 is 5.32 Å². The quantitative estimate of drug-likeness (QED) is 0.285. The standard InChI is InChI=1S/C28H30BrClN2O2S/c1-20(2)31-28(34)26(16-21-6-4-3-5-7-21)32(17-22-10-14-25(30)15-11-22)27(33)19-35-18-23-8-12-24(29)13-9-23/h3-15,20,26H,16-19H2,1-2H3,(H,31,34). The van der Waals surface area contributed by atoms with Gasteiger partial charge in [0.1, 0.15) is 6.04 Å². The summed E-state index contributed by atoms with van der Waals surface area (Å²) in [4.78, 5) is 28.6. The van der Waals surface area contributed by atoms with Gasteiger partial charge in [-0.3, -0.25) is 9.59 Å². The zero-order chi connectivity index (χ0) is 25.2. The summed E-state index contributed by atoms with van der Waals surface area (Å²) in [7, 11) is 0. The number of halogens is 2. The van der Waals surface area contributed by atoms with Crippen LogP contribution in [0, 0.1) is 0 Å². The van der Waals surface area contributed by atoms with E-state index < -0.39 is 6.04 Å². The number of hydrogen-bond acceptors (Lipinski definition) is 3. The molecule has 0 bridgehead atoms. The molecule has 1 unspecified atom stereocenters. The first-order chi connectivity index (χ1) is 16.8. The van der Waals surface area contributed by atoms with Gasteiger partial charge in [0.05, 0.1) is 5.75 Å². The van der Waals surface area contributed by atoms with Crippen molar-refractivity contribution in [2.75, 3.05) is 5.75 Å². The normalized spacial score (nSPS) is 11.8. The van der Waals surface area contributed by atoms with E-state index in [2.05, 4.69) is 21.2 Å². The zero-order valence-corrected chi connectivity index (χ0v) is 23.1. The van der Waals surface area contributed by atoms with Gasteiger partial charge in [-0.1, -0.05) is 82.1 Å². The topological polar surface area (TPSA) is 49.4 Å². The minimum absolute atomic E-state index is 0.0277. The molecular weight excluding hydrogens is 544 g/mol. The molecule has 7 heteroatoms. The summed E-state index contributed by atoms with van der Waals surface area (Å²) in [6, 6.07) is 24.7. The molecule has 3 rings (SSSR count). The predicted octanol–water partition coefficient (Wildman–Crippen LogP) is 6.50. The fourth-order valence-corrected chi connectivity index (χ4v) is 4.90. The van der Waals surface area contributed by atoms with Crippen molar-refractivity contribution in [3.05, 3.63) is 105 Å². The monoisotopic (exact) mass is 572 g/mol. The van der Waals surface area contributed by atoms with Gasteiger partial charge in [-0.15, -0.1) is 11.8 Å². The van der Waals surface area contributed by atoms with Crippen LogP contribution in [0.15, 0.2) is 83.3 Å². The van der Waals surface area contributed by atoms with Crippen LogP contribution in [0.4, 0.5) is 0 Å². The van der Waals surface area contributed by atoms with Gasteiger partial charge in [0.25, 0.3) is 0 Å². The molecule has 0 saturated carbocycles. The Balaban J connectivity index is 1.83. The second kappa shape index (κ2) is 13.7. The molecule has 0 heterocycles. The molecule has 0 saturated heterocycles. The molecule has 0 radical (unpaired) electrons. The molecule has 4 nitrogen and oxygen atoms in total. The van der Waals surface area contributed by atoms with Crippen molar-refractivity contribution < 1.29 is 9.59 Å². The minimum Gasteiger partial charge on any atom is -0.352 e. The molecule has 0 aliphatic heterocycles. The highest BCUT2D eigenvalue weighted by molar-refractivity contribution is 9.10. The number of rotatable bonds is 11. The molecule has 0 aliphatic carbocycles. The van der Waals surface area contributed by atoms with Crippen molar-refractivity contribution in [3.63, 3.8) is 0 Å². The lowest BCUT2D eigenvalue weighted by Gasteiger charge is -2.32. The Hall–Kier alpha value is -2.28. The number of hydrogen-bond donors (Lipinski definition) is 1. The predicted molar refractivity (Wildman–Crippen MR) is 150 cm³/mol. The lowest BCUT2D eigenvalue weighted by Crippen LogP contribution is -2.52. The van der Waals surface area contributed by atoms with E-state index in [1.165, 1.54) is 0 Å². The Labute approximate surface area is 225 Å². The zero-order valence-electron chi connectivity index (χ0n) is 19.9. The Bertz CT molecular complexity index is 1090. The van der Waals surface area contributed by atoms with Crippen LogP contribution in [0.3, 0.4) is 0 Å². The van der Waals surface area contributed by atoms with Gasteiger partial charge in [-0.05, 0) is 54.8 Å². The van der Waals surface area contributed by atoms with Crippen LogP contribution >= 0.6 is 39.3 Å². The fraction of sp³-hybridized carbons (Fsp3) is 0.286. The van der Waals surface area contributed by atoms with Crippen molar-refractivity contribution in [2.45, 2.75) is 44.6 Å². The van der Waals surface area contributed by atoms with E-state index in [1.807, 2.05) is 92.7 Å². The third-order valence-electron chi connectivity index (χ3n) is 5.38. The van der Waals surface area contributed by atoms with E-state index in [0.717, 1.165) is 26.9 Å². The van der Waals surface area contributed by atoms with Crippen LogP contribution in [0.1, 0.15) is 30.5 Å². The highest BCUT2D eigenvalue weighted by Crippen LogP contribution is 2.20. The maximum Gasteiger partial charge on any atom is 0.243 e. The Morgan fingerprint density at radius 1 is 0.914 bits per heavy atom. The SMILES string of the molecule is CC(C)NC(=O)C(Cc1ccccc1)N(Cc1ccc(Cl)cc1)C(=O)CSCc1ccc(Br)cc1. The van der Waals surface area contributed by atoms with Crippen LogP contribution in [0.2, 0.25) is 5.02 Å². The smallest absolute Gasteiger partial charge is 0.243 e. The van der Waals surface area contributed by atoms with Gasteiger partial charge in [0, 0.05) is 34.3 Å². The number of thioether (sulfide) groups is 1. The molecule has 0 aliphatic rings. The van der Waals surface area contributed by atoms with E-state index in [0.29, 0.717) is 18.0 Å². The van der Waals surface area contributed by atoms with Gasteiger partial charge in [-0.2, -0.15) is 0 Å². The number of carbonyl (C=O) groups is 2. The molecule has 3 aromatic rings. The highest BCUT2D eigenvalue weighted by Gasteiger charge is 2.30. The Morgan fingerprint density at radius 3 is 2.17 bits per heavy atom. The molecule has 0 fully saturated rings. The van der Waals surface area contributed by atoms with E-state index in [9.17, 15) is 9.59 Å². The molecule has 0 spiro atoms. The van der Waals surface area contributed by atoms with Gasteiger partial charge >= 0.3 is 0 Å². The Morgan fingerprint density at radius 2 is 1.54 bits per heavy atom. The number of carbonyl (C=O) groups excluding carboxylic acids is 2. The average molecular weight is 574 g/mol. The summed E-state index contributed by atoms with van der Waals surface area (Å²) < 4.78 is 1.02. The van der Waals surface area contributed by atoms with Crippen molar-refractivity contribution in [3.8, 4) is 0 Å². The first-order valence-corrected chi connectivity index (χ1v) is 13.8. The van der Waals surface area contributed by atoms with Crippen molar-refractivity contribution in [1.82, 2.24) is 10.2 Å². The van der Waals surface area contributed by atoms with Gasteiger partial charge < -0.3 is 10.2 Å². The first kappa shape index (κ1) is 27.3. The van der Waals surface area contributed by atoms with Crippen molar-refractivity contribution in [2.24, 2.45) is 0 Å². The summed E-state index contributed by atoms with van der Waals surface area (Å²) in [6.07, 6.45) is 0.441. The summed E-state index contributed by atoms with van der Waals surface area (Å²) in [5.41, 5.74) is 3.08.